The number of rotatable bonds is 9. The number of aromatic nitrogens is 2. The predicted molar refractivity (Wildman–Crippen MR) is 132 cm³/mol. The molecule has 1 fully saturated rings. The number of hydrogen-bond donors (Lipinski definition) is 2. The molecule has 7 nitrogen and oxygen atoms in total. The van der Waals surface area contributed by atoms with Crippen molar-refractivity contribution in [2.45, 2.75) is 58.4 Å². The van der Waals surface area contributed by atoms with Crippen LogP contribution in [-0.4, -0.2) is 46.5 Å². The second-order valence-corrected chi connectivity index (χ2v) is 8.88. The van der Waals surface area contributed by atoms with Crippen molar-refractivity contribution in [1.29, 1.82) is 0 Å². The van der Waals surface area contributed by atoms with Gasteiger partial charge in [-0.05, 0) is 68.9 Å². The number of carboxylic acids is 1. The van der Waals surface area contributed by atoms with E-state index in [-0.39, 0.29) is 18.2 Å². The SMILES string of the molecule is CC[C@H](CC(=O)O)c1ccc(N(CC)C2CCOCC2)c(Nc2ccn3nc(C)c(F)c3c2)c1. The van der Waals surface area contributed by atoms with Crippen molar-refractivity contribution in [2.75, 3.05) is 30.0 Å². The zero-order chi connectivity index (χ0) is 24.2. The third-order valence-corrected chi connectivity index (χ3v) is 6.70. The molecule has 1 aliphatic rings. The van der Waals surface area contributed by atoms with Crippen molar-refractivity contribution in [1.82, 2.24) is 9.61 Å². The lowest BCUT2D eigenvalue weighted by Gasteiger charge is -2.37. The summed E-state index contributed by atoms with van der Waals surface area (Å²) in [6, 6.07) is 10.2. The number of anilines is 3. The van der Waals surface area contributed by atoms with Gasteiger partial charge in [-0.15, -0.1) is 0 Å². The van der Waals surface area contributed by atoms with Gasteiger partial charge < -0.3 is 20.1 Å². The normalized spacial score (nSPS) is 15.4. The smallest absolute Gasteiger partial charge is 0.303 e. The zero-order valence-electron chi connectivity index (χ0n) is 20.1. The summed E-state index contributed by atoms with van der Waals surface area (Å²) < 4.78 is 21.6. The summed E-state index contributed by atoms with van der Waals surface area (Å²) in [5.74, 6) is -1.22. The molecule has 0 saturated carbocycles. The first-order valence-electron chi connectivity index (χ1n) is 12.0. The molecule has 1 saturated heterocycles. The number of aliphatic carboxylic acids is 1. The Kier molecular flexibility index (Phi) is 7.36. The third kappa shape index (κ3) is 5.01. The van der Waals surface area contributed by atoms with E-state index in [0.717, 1.165) is 61.6 Å². The average Bonchev–Trinajstić information content (AvgIpc) is 3.12. The van der Waals surface area contributed by atoms with Gasteiger partial charge in [-0.25, -0.2) is 8.91 Å². The van der Waals surface area contributed by atoms with Crippen LogP contribution in [0.3, 0.4) is 0 Å². The number of nitrogens with zero attached hydrogens (tertiary/aromatic N) is 3. The van der Waals surface area contributed by atoms with Crippen LogP contribution in [0.1, 0.15) is 56.7 Å². The number of nitrogens with one attached hydrogen (secondary N) is 1. The quantitative estimate of drug-likeness (QED) is 0.432. The molecule has 3 heterocycles. The van der Waals surface area contributed by atoms with Crippen molar-refractivity contribution < 1.29 is 19.0 Å². The molecule has 0 amide bonds. The number of hydrogen-bond acceptors (Lipinski definition) is 5. The Morgan fingerprint density at radius 1 is 1.29 bits per heavy atom. The molecule has 2 aromatic heterocycles. The Hall–Kier alpha value is -3.13. The summed E-state index contributed by atoms with van der Waals surface area (Å²) in [7, 11) is 0. The summed E-state index contributed by atoms with van der Waals surface area (Å²) >= 11 is 0. The minimum Gasteiger partial charge on any atom is -0.481 e. The number of aryl methyl sites for hydroxylation is 1. The molecule has 1 aromatic carbocycles. The first kappa shape index (κ1) is 24.0. The van der Waals surface area contributed by atoms with E-state index in [1.54, 1.807) is 19.2 Å². The molecule has 0 spiro atoms. The maximum absolute atomic E-state index is 14.5. The largest absolute Gasteiger partial charge is 0.481 e. The van der Waals surface area contributed by atoms with Crippen LogP contribution >= 0.6 is 0 Å². The maximum atomic E-state index is 14.5. The van der Waals surface area contributed by atoms with E-state index < -0.39 is 5.97 Å². The first-order chi connectivity index (χ1) is 16.4. The maximum Gasteiger partial charge on any atom is 0.303 e. The second-order valence-electron chi connectivity index (χ2n) is 8.88. The van der Waals surface area contributed by atoms with Gasteiger partial charge in [-0.3, -0.25) is 4.79 Å². The Labute approximate surface area is 199 Å². The van der Waals surface area contributed by atoms with Crippen LogP contribution in [-0.2, 0) is 9.53 Å². The van der Waals surface area contributed by atoms with Gasteiger partial charge in [-0.2, -0.15) is 5.10 Å². The van der Waals surface area contributed by atoms with Crippen LogP contribution in [0.2, 0.25) is 0 Å². The minimum atomic E-state index is -0.806. The van der Waals surface area contributed by atoms with Crippen LogP contribution in [0.25, 0.3) is 5.52 Å². The van der Waals surface area contributed by atoms with Gasteiger partial charge in [-0.1, -0.05) is 13.0 Å². The van der Waals surface area contributed by atoms with Gasteiger partial charge in [0.05, 0.1) is 23.5 Å². The third-order valence-electron chi connectivity index (χ3n) is 6.70. The molecule has 0 radical (unpaired) electrons. The number of fused-ring (bicyclic) bond motifs is 1. The molecule has 1 atom stereocenters. The van der Waals surface area contributed by atoms with E-state index in [1.807, 2.05) is 19.1 Å². The molecule has 0 bridgehead atoms. The van der Waals surface area contributed by atoms with Gasteiger partial charge in [0.25, 0.3) is 0 Å². The summed E-state index contributed by atoms with van der Waals surface area (Å²) in [4.78, 5) is 13.8. The minimum absolute atomic E-state index is 0.0809. The molecule has 3 aromatic rings. The van der Waals surface area contributed by atoms with E-state index in [0.29, 0.717) is 17.3 Å². The highest BCUT2D eigenvalue weighted by atomic mass is 19.1. The summed E-state index contributed by atoms with van der Waals surface area (Å²) in [5, 5.41) is 17.1. The van der Waals surface area contributed by atoms with Crippen molar-refractivity contribution in [3.8, 4) is 0 Å². The Morgan fingerprint density at radius 3 is 2.74 bits per heavy atom. The number of pyridine rings is 1. The van der Waals surface area contributed by atoms with Gasteiger partial charge >= 0.3 is 5.97 Å². The number of benzene rings is 1. The lowest BCUT2D eigenvalue weighted by molar-refractivity contribution is -0.137. The van der Waals surface area contributed by atoms with E-state index in [1.165, 1.54) is 4.52 Å². The Bertz CT molecular complexity index is 1160. The van der Waals surface area contributed by atoms with E-state index in [4.69, 9.17) is 4.74 Å². The number of halogens is 1. The van der Waals surface area contributed by atoms with Crippen LogP contribution < -0.4 is 10.2 Å². The van der Waals surface area contributed by atoms with Crippen molar-refractivity contribution >= 4 is 28.5 Å². The molecule has 2 N–H and O–H groups in total. The van der Waals surface area contributed by atoms with Crippen molar-refractivity contribution in [2.24, 2.45) is 0 Å². The van der Waals surface area contributed by atoms with Crippen LogP contribution in [0.15, 0.2) is 36.5 Å². The molecule has 8 heteroatoms. The fourth-order valence-corrected chi connectivity index (χ4v) is 4.86. The fourth-order valence-electron chi connectivity index (χ4n) is 4.86. The van der Waals surface area contributed by atoms with Gasteiger partial charge in [0.2, 0.25) is 0 Å². The first-order valence-corrected chi connectivity index (χ1v) is 12.0. The molecule has 4 rings (SSSR count). The molecule has 34 heavy (non-hydrogen) atoms. The topological polar surface area (TPSA) is 79.1 Å². The molecule has 0 aliphatic carbocycles. The highest BCUT2D eigenvalue weighted by molar-refractivity contribution is 5.78. The lowest BCUT2D eigenvalue weighted by atomic mass is 9.92. The summed E-state index contributed by atoms with van der Waals surface area (Å²) in [5.41, 5.74) is 4.43. The van der Waals surface area contributed by atoms with E-state index >= 15 is 0 Å². The summed E-state index contributed by atoms with van der Waals surface area (Å²) in [6.07, 6.45) is 4.47. The van der Waals surface area contributed by atoms with Crippen LogP contribution in [0, 0.1) is 12.7 Å². The van der Waals surface area contributed by atoms with Gasteiger partial charge in [0.15, 0.2) is 5.82 Å². The van der Waals surface area contributed by atoms with Crippen molar-refractivity contribution in [3.05, 3.63) is 53.6 Å². The number of carboxylic acid groups (broad SMARTS) is 1. The Balaban J connectivity index is 1.75. The lowest BCUT2D eigenvalue weighted by Crippen LogP contribution is -2.39. The highest BCUT2D eigenvalue weighted by Gasteiger charge is 2.24. The molecule has 1 aliphatic heterocycles. The molecular weight excluding hydrogens is 435 g/mol. The van der Waals surface area contributed by atoms with Crippen LogP contribution in [0.4, 0.5) is 21.5 Å². The monoisotopic (exact) mass is 468 g/mol. The van der Waals surface area contributed by atoms with E-state index in [9.17, 15) is 14.3 Å². The fraction of sp³-hybridized carbons (Fsp3) is 0.462. The van der Waals surface area contributed by atoms with E-state index in [2.05, 4.69) is 34.4 Å². The second kappa shape index (κ2) is 10.4. The Morgan fingerprint density at radius 2 is 2.06 bits per heavy atom. The predicted octanol–water partition coefficient (Wildman–Crippen LogP) is 5.50. The molecular formula is C26H33FN4O3. The number of carbonyl (C=O) groups is 1. The standard InChI is InChI=1S/C26H33FN4O3/c1-4-18(15-25(32)33)19-6-7-23(30(5-2)21-9-12-34-13-10-21)22(14-19)28-20-8-11-31-24(16-20)26(27)17(3)29-31/h6-8,11,14,16,18,21,28H,4-5,9-10,12-13,15H2,1-3H3,(H,32,33)/t18-/m1/s1. The molecule has 0 unspecified atom stereocenters. The zero-order valence-corrected chi connectivity index (χ0v) is 20.1. The van der Waals surface area contributed by atoms with Crippen LogP contribution in [0.5, 0.6) is 0 Å². The van der Waals surface area contributed by atoms with Gasteiger partial charge in [0.1, 0.15) is 5.52 Å². The van der Waals surface area contributed by atoms with Crippen molar-refractivity contribution in [3.63, 3.8) is 0 Å². The highest BCUT2D eigenvalue weighted by Crippen LogP contribution is 2.36. The number of ether oxygens (including phenoxy) is 1. The molecule has 182 valence electrons. The van der Waals surface area contributed by atoms with Gasteiger partial charge in [0, 0.05) is 37.7 Å². The average molecular weight is 469 g/mol. The summed E-state index contributed by atoms with van der Waals surface area (Å²) in [6.45, 7) is 8.12.